The van der Waals surface area contributed by atoms with Crippen molar-refractivity contribution in [2.24, 2.45) is 0 Å². The Morgan fingerprint density at radius 1 is 1.40 bits per heavy atom. The highest BCUT2D eigenvalue weighted by Crippen LogP contribution is 2.26. The van der Waals surface area contributed by atoms with Crippen LogP contribution in [0.2, 0.25) is 0 Å². The molecule has 0 saturated heterocycles. The van der Waals surface area contributed by atoms with E-state index >= 15 is 0 Å². The number of aryl methyl sites for hydroxylation is 2. The fourth-order valence-corrected chi connectivity index (χ4v) is 2.84. The zero-order valence-electron chi connectivity index (χ0n) is 14.9. The molecule has 1 atom stereocenters. The maximum atomic E-state index is 12.7. The smallest absolute Gasteiger partial charge is 0.287 e. The summed E-state index contributed by atoms with van der Waals surface area (Å²) < 4.78 is 12.7. The number of hydrogen-bond donors (Lipinski definition) is 1. The molecule has 7 nitrogen and oxygen atoms in total. The molecule has 0 unspecified atom stereocenters. The molecule has 0 radical (unpaired) electrons. The van der Waals surface area contributed by atoms with Crippen LogP contribution in [0.15, 0.2) is 28.9 Å². The summed E-state index contributed by atoms with van der Waals surface area (Å²) >= 11 is 0. The third-order valence-corrected chi connectivity index (χ3v) is 4.22. The second-order valence-corrected chi connectivity index (χ2v) is 6.13. The summed E-state index contributed by atoms with van der Waals surface area (Å²) in [5, 5.41) is 11.9. The number of furan rings is 1. The van der Waals surface area contributed by atoms with E-state index in [0.29, 0.717) is 24.7 Å². The second-order valence-electron chi connectivity index (χ2n) is 6.13. The van der Waals surface area contributed by atoms with Crippen LogP contribution in [0.1, 0.15) is 40.5 Å². The van der Waals surface area contributed by atoms with Crippen LogP contribution >= 0.6 is 0 Å². The van der Waals surface area contributed by atoms with E-state index in [-0.39, 0.29) is 11.9 Å². The van der Waals surface area contributed by atoms with Gasteiger partial charge in [0.15, 0.2) is 11.6 Å². The van der Waals surface area contributed by atoms with Gasteiger partial charge < -0.3 is 19.0 Å². The second kappa shape index (κ2) is 7.06. The Labute approximate surface area is 146 Å². The number of nitrogens with one attached hydrogen (secondary N) is 1. The van der Waals surface area contributed by atoms with Crippen LogP contribution in [0.3, 0.4) is 0 Å². The molecule has 3 rings (SSSR count). The number of carbonyl (C=O) groups excluding carboxylic acids is 1. The first-order valence-electron chi connectivity index (χ1n) is 8.18. The minimum atomic E-state index is -0.304. The lowest BCUT2D eigenvalue weighted by molar-refractivity contribution is 0.0910. The Hall–Kier alpha value is -2.67. The van der Waals surface area contributed by atoms with E-state index in [0.717, 1.165) is 22.1 Å². The lowest BCUT2D eigenvalue weighted by Crippen LogP contribution is -2.29. The molecule has 2 aromatic heterocycles. The van der Waals surface area contributed by atoms with Crippen LogP contribution in [-0.2, 0) is 11.3 Å². The predicted octanol–water partition coefficient (Wildman–Crippen LogP) is 2.78. The number of hydrogen-bond acceptors (Lipinski definition) is 5. The van der Waals surface area contributed by atoms with Crippen LogP contribution in [0.5, 0.6) is 0 Å². The highest BCUT2D eigenvalue weighted by molar-refractivity contribution is 5.99. The molecule has 1 N–H and O–H groups in total. The van der Waals surface area contributed by atoms with Crippen LogP contribution < -0.4 is 5.32 Å². The van der Waals surface area contributed by atoms with E-state index in [1.54, 1.807) is 13.4 Å². The minimum Gasteiger partial charge on any atom is -0.451 e. The molecule has 25 heavy (non-hydrogen) atoms. The summed E-state index contributed by atoms with van der Waals surface area (Å²) in [6, 6.07) is 5.61. The lowest BCUT2D eigenvalue weighted by atomic mass is 10.1. The normalized spacial score (nSPS) is 12.5. The van der Waals surface area contributed by atoms with Gasteiger partial charge >= 0.3 is 0 Å². The van der Waals surface area contributed by atoms with E-state index in [4.69, 9.17) is 9.15 Å². The average molecular weight is 342 g/mol. The molecule has 0 saturated carbocycles. The molecule has 0 aliphatic carbocycles. The van der Waals surface area contributed by atoms with Gasteiger partial charge in [0.2, 0.25) is 0 Å². The number of benzene rings is 1. The number of nitrogens with zero attached hydrogens (tertiary/aromatic N) is 3. The van der Waals surface area contributed by atoms with Gasteiger partial charge in [-0.05, 0) is 32.4 Å². The van der Waals surface area contributed by atoms with Crippen molar-refractivity contribution in [3.8, 4) is 0 Å². The molecular formula is C18H22N4O3. The lowest BCUT2D eigenvalue weighted by Gasteiger charge is -2.14. The van der Waals surface area contributed by atoms with E-state index in [1.165, 1.54) is 0 Å². The molecule has 0 spiro atoms. The molecule has 132 valence electrons. The average Bonchev–Trinajstić information content (AvgIpc) is 3.17. The highest BCUT2D eigenvalue weighted by atomic mass is 16.5. The highest BCUT2D eigenvalue weighted by Gasteiger charge is 2.22. The topological polar surface area (TPSA) is 82.2 Å². The van der Waals surface area contributed by atoms with Crippen molar-refractivity contribution in [2.45, 2.75) is 33.4 Å². The first-order chi connectivity index (χ1) is 12.0. The molecule has 0 bridgehead atoms. The van der Waals surface area contributed by atoms with Gasteiger partial charge in [-0.2, -0.15) is 0 Å². The molecular weight excluding hydrogens is 320 g/mol. The van der Waals surface area contributed by atoms with E-state index in [1.807, 2.05) is 43.5 Å². The van der Waals surface area contributed by atoms with Crippen LogP contribution in [0.4, 0.5) is 0 Å². The Morgan fingerprint density at radius 3 is 2.96 bits per heavy atom. The summed E-state index contributed by atoms with van der Waals surface area (Å²) in [6.07, 6.45) is 1.63. The monoisotopic (exact) mass is 342 g/mol. The quantitative estimate of drug-likeness (QED) is 0.745. The molecule has 0 fully saturated rings. The molecule has 0 aliphatic heterocycles. The van der Waals surface area contributed by atoms with Crippen molar-refractivity contribution in [1.82, 2.24) is 20.1 Å². The number of amides is 1. The number of methoxy groups -OCH3 is 1. The van der Waals surface area contributed by atoms with Crippen molar-refractivity contribution >= 4 is 16.9 Å². The van der Waals surface area contributed by atoms with Gasteiger partial charge in [0, 0.05) is 24.6 Å². The molecule has 2 heterocycles. The zero-order valence-corrected chi connectivity index (χ0v) is 14.9. The summed E-state index contributed by atoms with van der Waals surface area (Å²) in [6.45, 7) is 6.93. The first-order valence-corrected chi connectivity index (χ1v) is 8.18. The van der Waals surface area contributed by atoms with Crippen LogP contribution in [0, 0.1) is 13.8 Å². The van der Waals surface area contributed by atoms with E-state index < -0.39 is 0 Å². The Kier molecular flexibility index (Phi) is 4.85. The fourth-order valence-electron chi connectivity index (χ4n) is 2.84. The van der Waals surface area contributed by atoms with Gasteiger partial charge in [-0.25, -0.2) is 0 Å². The van der Waals surface area contributed by atoms with Gasteiger partial charge in [0.1, 0.15) is 11.9 Å². The molecule has 1 amide bonds. The number of rotatable bonds is 6. The van der Waals surface area contributed by atoms with E-state index in [2.05, 4.69) is 15.5 Å². The molecule has 3 aromatic rings. The SMILES string of the molecule is COCCn1cnnc1[C@H](C)NC(=O)c1oc2cc(C)ccc2c1C. The van der Waals surface area contributed by atoms with Gasteiger partial charge in [0.25, 0.3) is 5.91 Å². The first kappa shape index (κ1) is 17.2. The number of carbonyl (C=O) groups is 1. The summed E-state index contributed by atoms with van der Waals surface area (Å²) in [5.74, 6) is 0.741. The zero-order chi connectivity index (χ0) is 18.0. The summed E-state index contributed by atoms with van der Waals surface area (Å²) in [4.78, 5) is 12.7. The van der Waals surface area contributed by atoms with Crippen molar-refractivity contribution in [2.75, 3.05) is 13.7 Å². The number of ether oxygens (including phenoxy) is 1. The fraction of sp³-hybridized carbons (Fsp3) is 0.389. The van der Waals surface area contributed by atoms with Crippen LogP contribution in [0.25, 0.3) is 11.0 Å². The Balaban J connectivity index is 1.80. The number of aromatic nitrogens is 3. The van der Waals surface area contributed by atoms with Crippen LogP contribution in [-0.4, -0.2) is 34.4 Å². The van der Waals surface area contributed by atoms with Gasteiger partial charge in [-0.1, -0.05) is 12.1 Å². The summed E-state index contributed by atoms with van der Waals surface area (Å²) in [5.41, 5.74) is 2.65. The van der Waals surface area contributed by atoms with Gasteiger partial charge in [-0.15, -0.1) is 10.2 Å². The maximum Gasteiger partial charge on any atom is 0.287 e. The summed E-state index contributed by atoms with van der Waals surface area (Å²) in [7, 11) is 1.64. The standard InChI is InChI=1S/C18H22N4O3/c1-11-5-6-14-12(2)16(25-15(14)9-11)18(23)20-13(3)17-21-19-10-22(17)7-8-24-4/h5-6,9-10,13H,7-8H2,1-4H3,(H,20,23)/t13-/m0/s1. The Bertz CT molecular complexity index is 897. The molecule has 1 aromatic carbocycles. The van der Waals surface area contributed by atoms with Crippen molar-refractivity contribution < 1.29 is 13.9 Å². The van der Waals surface area contributed by atoms with Crippen molar-refractivity contribution in [3.05, 3.63) is 47.2 Å². The largest absolute Gasteiger partial charge is 0.451 e. The third-order valence-electron chi connectivity index (χ3n) is 4.22. The Morgan fingerprint density at radius 2 is 2.20 bits per heavy atom. The minimum absolute atomic E-state index is 0.264. The predicted molar refractivity (Wildman–Crippen MR) is 93.5 cm³/mol. The molecule has 0 aliphatic rings. The number of fused-ring (bicyclic) bond motifs is 1. The maximum absolute atomic E-state index is 12.7. The van der Waals surface area contributed by atoms with Gasteiger partial charge in [0.05, 0.1) is 12.6 Å². The molecule has 7 heteroatoms. The third kappa shape index (κ3) is 3.41. The van der Waals surface area contributed by atoms with Crippen molar-refractivity contribution in [3.63, 3.8) is 0 Å². The van der Waals surface area contributed by atoms with E-state index in [9.17, 15) is 4.79 Å². The van der Waals surface area contributed by atoms with Crippen molar-refractivity contribution in [1.29, 1.82) is 0 Å². The van der Waals surface area contributed by atoms with Gasteiger partial charge in [-0.3, -0.25) is 4.79 Å².